The Morgan fingerprint density at radius 1 is 0.692 bits per heavy atom. The van der Waals surface area contributed by atoms with Crippen LogP contribution in [0.5, 0.6) is 0 Å². The fourth-order valence-corrected chi connectivity index (χ4v) is 6.21. The van der Waals surface area contributed by atoms with Gasteiger partial charge in [0, 0.05) is 35.2 Å². The van der Waals surface area contributed by atoms with Crippen LogP contribution in [0, 0.1) is 13.8 Å². The maximum Gasteiger partial charge on any atom is 0.305 e. The molecule has 0 atom stereocenters. The van der Waals surface area contributed by atoms with Gasteiger partial charge in [-0.3, -0.25) is 9.59 Å². The third kappa shape index (κ3) is 15.5. The summed E-state index contributed by atoms with van der Waals surface area (Å²) in [5, 5.41) is 1.05. The molecule has 0 N–H and O–H groups in total. The van der Waals surface area contributed by atoms with Crippen molar-refractivity contribution in [2.75, 3.05) is 12.4 Å². The number of unbranched alkanes of at least 4 members (excludes halogenated alkanes) is 17. The van der Waals surface area contributed by atoms with Gasteiger partial charge < -0.3 is 9.30 Å². The molecule has 0 saturated carbocycles. The highest BCUT2D eigenvalue weighted by molar-refractivity contribution is 9.09. The van der Waals surface area contributed by atoms with Crippen molar-refractivity contribution in [1.82, 2.24) is 4.57 Å². The zero-order chi connectivity index (χ0) is 28.7. The summed E-state index contributed by atoms with van der Waals surface area (Å²) < 4.78 is 7.19. The van der Waals surface area contributed by atoms with Crippen LogP contribution < -0.4 is 0 Å². The van der Waals surface area contributed by atoms with Gasteiger partial charge in [-0.25, -0.2) is 0 Å². The molecule has 1 aromatic rings. The van der Waals surface area contributed by atoms with Gasteiger partial charge in [0.05, 0.1) is 13.5 Å². The summed E-state index contributed by atoms with van der Waals surface area (Å²) in [7, 11) is 1.44. The van der Waals surface area contributed by atoms with Crippen LogP contribution in [0.2, 0.25) is 0 Å². The zero-order valence-corrected chi connectivity index (χ0v) is 27.6. The molecule has 0 aliphatic heterocycles. The molecule has 1 heterocycles. The summed E-state index contributed by atoms with van der Waals surface area (Å²) >= 11 is 3.51. The summed E-state index contributed by atoms with van der Waals surface area (Å²) in [6.07, 6.45) is 26.3. The molecular formula is C34H60BrNO3. The van der Waals surface area contributed by atoms with Crippen molar-refractivity contribution in [2.45, 2.75) is 169 Å². The number of methoxy groups -OCH3 is 1. The van der Waals surface area contributed by atoms with Crippen molar-refractivity contribution < 1.29 is 14.3 Å². The largest absolute Gasteiger partial charge is 0.469 e. The Kier molecular flexibility index (Phi) is 21.7. The number of carbonyl (C=O) groups is 2. The first kappa shape index (κ1) is 35.9. The Morgan fingerprint density at radius 3 is 1.69 bits per heavy atom. The van der Waals surface area contributed by atoms with Gasteiger partial charge in [0.1, 0.15) is 0 Å². The molecule has 0 unspecified atom stereocenters. The fraction of sp³-hybridized carbons (Fsp3) is 0.824. The van der Waals surface area contributed by atoms with Crippen LogP contribution in [0.25, 0.3) is 0 Å². The Hall–Kier alpha value is -1.10. The molecule has 0 fully saturated rings. The maximum absolute atomic E-state index is 13.3. The molecule has 0 amide bonds. The first-order valence-corrected chi connectivity index (χ1v) is 17.4. The SMILES string of the molecule is CCCCCCCCCCCCCCCCCC(=O)c1c(C)c(CCC(=O)OC)n(CCCCCCBr)c1C. The second-order valence-electron chi connectivity index (χ2n) is 11.5. The summed E-state index contributed by atoms with van der Waals surface area (Å²) in [4.78, 5) is 25.1. The lowest BCUT2D eigenvalue weighted by molar-refractivity contribution is -0.140. The van der Waals surface area contributed by atoms with E-state index in [9.17, 15) is 9.59 Å². The summed E-state index contributed by atoms with van der Waals surface area (Å²) in [6, 6.07) is 0. The van der Waals surface area contributed by atoms with E-state index in [-0.39, 0.29) is 11.8 Å². The zero-order valence-electron chi connectivity index (χ0n) is 26.0. The molecule has 0 saturated heterocycles. The average molecular weight is 611 g/mol. The van der Waals surface area contributed by atoms with E-state index in [1.54, 1.807) is 0 Å². The number of nitrogens with zero attached hydrogens (tertiary/aromatic N) is 1. The number of aromatic nitrogens is 1. The molecule has 1 aromatic heterocycles. The van der Waals surface area contributed by atoms with Crippen molar-refractivity contribution in [3.8, 4) is 0 Å². The Morgan fingerprint density at radius 2 is 1.18 bits per heavy atom. The van der Waals surface area contributed by atoms with Crippen LogP contribution in [-0.4, -0.2) is 28.8 Å². The molecule has 226 valence electrons. The number of ketones is 1. The topological polar surface area (TPSA) is 48.3 Å². The predicted molar refractivity (Wildman–Crippen MR) is 170 cm³/mol. The number of hydrogen-bond donors (Lipinski definition) is 0. The highest BCUT2D eigenvalue weighted by atomic mass is 79.9. The van der Waals surface area contributed by atoms with Gasteiger partial charge in [0.25, 0.3) is 0 Å². The highest BCUT2D eigenvalue weighted by Crippen LogP contribution is 2.27. The van der Waals surface area contributed by atoms with Crippen molar-refractivity contribution >= 4 is 27.7 Å². The number of rotatable bonds is 26. The van der Waals surface area contributed by atoms with Crippen LogP contribution in [0.1, 0.15) is 169 Å². The second kappa shape index (κ2) is 23.6. The lowest BCUT2D eigenvalue weighted by atomic mass is 9.99. The van der Waals surface area contributed by atoms with Crippen molar-refractivity contribution in [2.24, 2.45) is 0 Å². The van der Waals surface area contributed by atoms with Crippen LogP contribution >= 0.6 is 15.9 Å². The van der Waals surface area contributed by atoms with Gasteiger partial charge >= 0.3 is 5.97 Å². The van der Waals surface area contributed by atoms with Gasteiger partial charge in [-0.1, -0.05) is 126 Å². The van der Waals surface area contributed by atoms with E-state index in [0.29, 0.717) is 19.3 Å². The summed E-state index contributed by atoms with van der Waals surface area (Å²) in [5.41, 5.74) is 4.19. The van der Waals surface area contributed by atoms with Crippen molar-refractivity contribution in [1.29, 1.82) is 0 Å². The molecule has 0 spiro atoms. The second-order valence-corrected chi connectivity index (χ2v) is 12.3. The number of esters is 1. The standard InChI is InChI=1S/C34H60BrNO3/c1-5-6-7-8-9-10-11-12-13-14-15-16-17-18-21-24-32(37)34-29(2)31(25-26-33(38)39-4)36(30(34)3)28-23-20-19-22-27-35/h5-28H2,1-4H3. The van der Waals surface area contributed by atoms with E-state index >= 15 is 0 Å². The van der Waals surface area contributed by atoms with Crippen molar-refractivity contribution in [3.05, 3.63) is 22.5 Å². The number of alkyl halides is 1. The number of Topliss-reactive ketones (excluding diaryl/α,β-unsaturated/α-hetero) is 1. The number of ether oxygens (including phenoxy) is 1. The molecule has 0 aliphatic carbocycles. The normalized spacial score (nSPS) is 11.3. The minimum Gasteiger partial charge on any atom is -0.469 e. The van der Waals surface area contributed by atoms with E-state index in [0.717, 1.165) is 53.7 Å². The van der Waals surface area contributed by atoms with Gasteiger partial charge in [-0.15, -0.1) is 0 Å². The van der Waals surface area contributed by atoms with Gasteiger partial charge in [-0.2, -0.15) is 0 Å². The molecule has 0 bridgehead atoms. The number of carbonyl (C=O) groups excluding carboxylic acids is 2. The Labute approximate surface area is 249 Å². The fourth-order valence-electron chi connectivity index (χ4n) is 5.81. The number of hydrogen-bond acceptors (Lipinski definition) is 3. The van der Waals surface area contributed by atoms with Crippen LogP contribution in [-0.2, 0) is 22.5 Å². The molecule has 0 aromatic carbocycles. The quantitative estimate of drug-likeness (QED) is 0.0454. The number of halogens is 1. The minimum atomic E-state index is -0.192. The molecule has 4 nitrogen and oxygen atoms in total. The average Bonchev–Trinajstić information content (AvgIpc) is 3.17. The van der Waals surface area contributed by atoms with Gasteiger partial charge in [0.15, 0.2) is 5.78 Å². The van der Waals surface area contributed by atoms with Gasteiger partial charge in [0.2, 0.25) is 0 Å². The molecule has 0 aliphatic rings. The van der Waals surface area contributed by atoms with E-state index in [1.807, 2.05) is 0 Å². The monoisotopic (exact) mass is 609 g/mol. The molecular weight excluding hydrogens is 550 g/mol. The van der Waals surface area contributed by atoms with E-state index in [2.05, 4.69) is 41.3 Å². The third-order valence-corrected chi connectivity index (χ3v) is 8.81. The lowest BCUT2D eigenvalue weighted by Gasteiger charge is -2.12. The van der Waals surface area contributed by atoms with E-state index in [4.69, 9.17) is 4.74 Å². The molecule has 5 heteroatoms. The summed E-state index contributed by atoms with van der Waals surface area (Å²) in [6.45, 7) is 7.36. The molecule has 39 heavy (non-hydrogen) atoms. The van der Waals surface area contributed by atoms with E-state index in [1.165, 1.54) is 110 Å². The van der Waals surface area contributed by atoms with Crippen LogP contribution in [0.4, 0.5) is 0 Å². The van der Waals surface area contributed by atoms with Crippen LogP contribution in [0.15, 0.2) is 0 Å². The predicted octanol–water partition coefficient (Wildman–Crippen LogP) is 10.6. The highest BCUT2D eigenvalue weighted by Gasteiger charge is 2.22. The Bertz CT molecular complexity index is 786. The maximum atomic E-state index is 13.3. The molecule has 1 rings (SSSR count). The lowest BCUT2D eigenvalue weighted by Crippen LogP contribution is -2.09. The Balaban J connectivity index is 2.39. The smallest absolute Gasteiger partial charge is 0.305 e. The summed E-state index contributed by atoms with van der Waals surface area (Å²) in [5.74, 6) is 0.0832. The van der Waals surface area contributed by atoms with E-state index < -0.39 is 0 Å². The van der Waals surface area contributed by atoms with Crippen LogP contribution in [0.3, 0.4) is 0 Å². The first-order chi connectivity index (χ1) is 19.0. The van der Waals surface area contributed by atoms with Gasteiger partial charge in [-0.05, 0) is 45.1 Å². The first-order valence-electron chi connectivity index (χ1n) is 16.3. The third-order valence-electron chi connectivity index (χ3n) is 8.25. The minimum absolute atomic E-state index is 0.192. The molecule has 0 radical (unpaired) electrons. The van der Waals surface area contributed by atoms with Crippen molar-refractivity contribution in [3.63, 3.8) is 0 Å².